The van der Waals surface area contributed by atoms with Gasteiger partial charge in [0.2, 0.25) is 5.91 Å². The molecule has 0 spiro atoms. The van der Waals surface area contributed by atoms with E-state index in [1.165, 1.54) is 0 Å². The van der Waals surface area contributed by atoms with Crippen LogP contribution >= 0.6 is 15.9 Å². The standard InChI is InChI=1S/C22H25BrN2O3/c1-28-19-12-8-16(9-13-19)20-5-3-2-4-14-25(20)21(26)15-24-22(27)17-6-10-18(23)11-7-17/h6-13,20H,2-5,14-15H2,1H3,(H,24,27). The van der Waals surface area contributed by atoms with Gasteiger partial charge >= 0.3 is 0 Å². The molecule has 1 N–H and O–H groups in total. The number of nitrogens with one attached hydrogen (secondary N) is 1. The summed E-state index contributed by atoms with van der Waals surface area (Å²) in [6, 6.07) is 15.0. The number of nitrogens with zero attached hydrogens (tertiary/aromatic N) is 1. The Balaban J connectivity index is 1.67. The molecule has 2 aromatic carbocycles. The van der Waals surface area contributed by atoms with E-state index in [-0.39, 0.29) is 24.4 Å². The molecule has 0 radical (unpaired) electrons. The summed E-state index contributed by atoms with van der Waals surface area (Å²) < 4.78 is 6.15. The highest BCUT2D eigenvalue weighted by atomic mass is 79.9. The molecule has 1 heterocycles. The van der Waals surface area contributed by atoms with Crippen LogP contribution in [0.25, 0.3) is 0 Å². The van der Waals surface area contributed by atoms with E-state index in [4.69, 9.17) is 4.74 Å². The van der Waals surface area contributed by atoms with Gasteiger partial charge < -0.3 is 15.0 Å². The fourth-order valence-corrected chi connectivity index (χ4v) is 3.80. The van der Waals surface area contributed by atoms with Crippen LogP contribution in [0, 0.1) is 0 Å². The number of rotatable bonds is 5. The molecule has 1 atom stereocenters. The van der Waals surface area contributed by atoms with Crippen LogP contribution in [0.5, 0.6) is 5.75 Å². The number of methoxy groups -OCH3 is 1. The second-order valence-electron chi connectivity index (χ2n) is 6.91. The normalized spacial score (nSPS) is 16.9. The lowest BCUT2D eigenvalue weighted by molar-refractivity contribution is -0.132. The van der Waals surface area contributed by atoms with Crippen molar-refractivity contribution >= 4 is 27.7 Å². The molecule has 28 heavy (non-hydrogen) atoms. The maximum Gasteiger partial charge on any atom is 0.251 e. The number of likely N-dealkylation sites (tertiary alicyclic amines) is 1. The molecule has 2 amide bonds. The molecule has 1 unspecified atom stereocenters. The summed E-state index contributed by atoms with van der Waals surface area (Å²) in [6.07, 6.45) is 4.12. The summed E-state index contributed by atoms with van der Waals surface area (Å²) in [5.74, 6) is 0.516. The molecule has 0 aromatic heterocycles. The van der Waals surface area contributed by atoms with E-state index in [0.717, 1.165) is 41.5 Å². The largest absolute Gasteiger partial charge is 0.497 e. The van der Waals surface area contributed by atoms with Gasteiger partial charge in [-0.3, -0.25) is 9.59 Å². The first-order valence-electron chi connectivity index (χ1n) is 9.55. The first-order valence-corrected chi connectivity index (χ1v) is 10.3. The van der Waals surface area contributed by atoms with Crippen molar-refractivity contribution in [2.75, 3.05) is 20.2 Å². The van der Waals surface area contributed by atoms with Crippen molar-refractivity contribution in [1.29, 1.82) is 0 Å². The number of ether oxygens (including phenoxy) is 1. The van der Waals surface area contributed by atoms with E-state index >= 15 is 0 Å². The van der Waals surface area contributed by atoms with E-state index in [2.05, 4.69) is 21.2 Å². The molecular weight excluding hydrogens is 420 g/mol. The van der Waals surface area contributed by atoms with Gasteiger partial charge in [0.1, 0.15) is 5.75 Å². The number of hydrogen-bond donors (Lipinski definition) is 1. The summed E-state index contributed by atoms with van der Waals surface area (Å²) in [5.41, 5.74) is 1.65. The predicted molar refractivity (Wildman–Crippen MR) is 112 cm³/mol. The predicted octanol–water partition coefficient (Wildman–Crippen LogP) is 4.33. The molecule has 6 heteroatoms. The minimum Gasteiger partial charge on any atom is -0.497 e. The highest BCUT2D eigenvalue weighted by Gasteiger charge is 2.27. The minimum atomic E-state index is -0.239. The molecular formula is C22H25BrN2O3. The van der Waals surface area contributed by atoms with Gasteiger partial charge in [0.05, 0.1) is 19.7 Å². The SMILES string of the molecule is COc1ccc(C2CCCCCN2C(=O)CNC(=O)c2ccc(Br)cc2)cc1. The zero-order valence-electron chi connectivity index (χ0n) is 16.0. The third-order valence-electron chi connectivity index (χ3n) is 5.08. The van der Waals surface area contributed by atoms with Gasteiger partial charge in [-0.25, -0.2) is 0 Å². The van der Waals surface area contributed by atoms with Gasteiger partial charge in [-0.1, -0.05) is 40.9 Å². The van der Waals surface area contributed by atoms with E-state index in [1.54, 1.807) is 19.2 Å². The first kappa shape index (κ1) is 20.4. The Hall–Kier alpha value is -2.34. The summed E-state index contributed by atoms with van der Waals surface area (Å²) >= 11 is 3.35. The second-order valence-corrected chi connectivity index (χ2v) is 7.83. The Morgan fingerprint density at radius 1 is 1.07 bits per heavy atom. The number of amides is 2. The van der Waals surface area contributed by atoms with Crippen LogP contribution < -0.4 is 10.1 Å². The molecule has 148 valence electrons. The number of benzene rings is 2. The van der Waals surface area contributed by atoms with Crippen molar-refractivity contribution in [3.05, 3.63) is 64.1 Å². The van der Waals surface area contributed by atoms with E-state index in [0.29, 0.717) is 12.1 Å². The van der Waals surface area contributed by atoms with Crippen LogP contribution in [0.15, 0.2) is 53.0 Å². The number of carbonyl (C=O) groups excluding carboxylic acids is 2. The Morgan fingerprint density at radius 2 is 1.79 bits per heavy atom. The van der Waals surface area contributed by atoms with Crippen molar-refractivity contribution in [3.63, 3.8) is 0 Å². The third-order valence-corrected chi connectivity index (χ3v) is 5.61. The molecule has 1 saturated heterocycles. The van der Waals surface area contributed by atoms with Gasteiger partial charge in [0.15, 0.2) is 0 Å². The van der Waals surface area contributed by atoms with E-state index < -0.39 is 0 Å². The van der Waals surface area contributed by atoms with Crippen LogP contribution in [0.4, 0.5) is 0 Å². The molecule has 1 aliphatic rings. The fraction of sp³-hybridized carbons (Fsp3) is 0.364. The Bertz CT molecular complexity index is 806. The zero-order chi connectivity index (χ0) is 19.9. The summed E-state index contributed by atoms with van der Waals surface area (Å²) in [7, 11) is 1.64. The average Bonchev–Trinajstić information content (AvgIpc) is 2.98. The minimum absolute atomic E-state index is 0.00154. The molecule has 0 bridgehead atoms. The van der Waals surface area contributed by atoms with Crippen LogP contribution in [0.1, 0.15) is 47.6 Å². The van der Waals surface area contributed by atoms with E-state index in [9.17, 15) is 9.59 Å². The fourth-order valence-electron chi connectivity index (χ4n) is 3.54. The number of carbonyl (C=O) groups is 2. The summed E-state index contributed by atoms with van der Waals surface area (Å²) in [6.45, 7) is 0.714. The highest BCUT2D eigenvalue weighted by Crippen LogP contribution is 2.31. The van der Waals surface area contributed by atoms with Gasteiger partial charge in [0, 0.05) is 16.6 Å². The lowest BCUT2D eigenvalue weighted by Crippen LogP contribution is -2.42. The van der Waals surface area contributed by atoms with Gasteiger partial charge in [0.25, 0.3) is 5.91 Å². The Morgan fingerprint density at radius 3 is 2.46 bits per heavy atom. The number of hydrogen-bond acceptors (Lipinski definition) is 3. The van der Waals surface area contributed by atoms with Crippen LogP contribution in [-0.4, -0.2) is 36.9 Å². The van der Waals surface area contributed by atoms with Gasteiger partial charge in [-0.2, -0.15) is 0 Å². The molecule has 3 rings (SSSR count). The number of halogens is 1. The van der Waals surface area contributed by atoms with Crippen molar-refractivity contribution in [3.8, 4) is 5.75 Å². The van der Waals surface area contributed by atoms with Crippen molar-refractivity contribution in [2.24, 2.45) is 0 Å². The first-order chi connectivity index (χ1) is 13.6. The lowest BCUT2D eigenvalue weighted by atomic mass is 10.0. The van der Waals surface area contributed by atoms with Gasteiger partial charge in [-0.05, 0) is 54.8 Å². The quantitative estimate of drug-likeness (QED) is 0.746. The molecule has 0 saturated carbocycles. The Kier molecular flexibility index (Phi) is 7.09. The van der Waals surface area contributed by atoms with Crippen molar-refractivity contribution in [2.45, 2.75) is 31.7 Å². The molecule has 1 fully saturated rings. The third kappa shape index (κ3) is 5.13. The van der Waals surface area contributed by atoms with E-state index in [1.807, 2.05) is 41.3 Å². The Labute approximate surface area is 174 Å². The molecule has 2 aromatic rings. The topological polar surface area (TPSA) is 58.6 Å². The van der Waals surface area contributed by atoms with Crippen molar-refractivity contribution < 1.29 is 14.3 Å². The van der Waals surface area contributed by atoms with Gasteiger partial charge in [-0.15, -0.1) is 0 Å². The molecule has 0 aliphatic carbocycles. The van der Waals surface area contributed by atoms with Crippen LogP contribution in [0.2, 0.25) is 0 Å². The summed E-state index contributed by atoms with van der Waals surface area (Å²) in [5, 5.41) is 2.76. The second kappa shape index (κ2) is 9.73. The molecule has 1 aliphatic heterocycles. The van der Waals surface area contributed by atoms with Crippen molar-refractivity contribution in [1.82, 2.24) is 10.2 Å². The zero-order valence-corrected chi connectivity index (χ0v) is 17.6. The smallest absolute Gasteiger partial charge is 0.251 e. The van der Waals surface area contributed by atoms with Crippen LogP contribution in [0.3, 0.4) is 0 Å². The highest BCUT2D eigenvalue weighted by molar-refractivity contribution is 9.10. The monoisotopic (exact) mass is 444 g/mol. The maximum atomic E-state index is 12.9. The van der Waals surface area contributed by atoms with Crippen LogP contribution in [-0.2, 0) is 4.79 Å². The average molecular weight is 445 g/mol. The molecule has 5 nitrogen and oxygen atoms in total. The summed E-state index contributed by atoms with van der Waals surface area (Å²) in [4.78, 5) is 27.2. The lowest BCUT2D eigenvalue weighted by Gasteiger charge is -2.30. The maximum absolute atomic E-state index is 12.9.